The van der Waals surface area contributed by atoms with E-state index in [1.54, 1.807) is 0 Å². The Hall–Kier alpha value is -1.78. The van der Waals surface area contributed by atoms with E-state index in [1.807, 2.05) is 0 Å². The zero-order chi connectivity index (χ0) is 37.9. The van der Waals surface area contributed by atoms with Crippen LogP contribution in [0.2, 0.25) is 0 Å². The Bertz CT molecular complexity index is 429. The van der Waals surface area contributed by atoms with Gasteiger partial charge in [0.25, 0.3) is 0 Å². The number of aliphatic carboxylic acids is 2. The number of rotatable bonds is 17. The van der Waals surface area contributed by atoms with Crippen molar-refractivity contribution >= 4 is 11.9 Å². The number of carboxylic acid groups (broad SMARTS) is 2. The number of unbranched alkanes of at least 4 members (excludes halogenated alkanes) is 1. The van der Waals surface area contributed by atoms with Gasteiger partial charge in [0.2, 0.25) is 0 Å². The number of hydrogen-bond donors (Lipinski definition) is 20. The van der Waals surface area contributed by atoms with Crippen LogP contribution < -0.4 is 0 Å². The van der Waals surface area contributed by atoms with Gasteiger partial charge in [-0.15, -0.1) is 0 Å². The highest BCUT2D eigenvalue weighted by Crippen LogP contribution is 1.98. The van der Waals surface area contributed by atoms with Crippen molar-refractivity contribution in [3.05, 3.63) is 0 Å². The molecule has 0 aliphatic rings. The molecule has 286 valence electrons. The molecule has 0 spiro atoms. The Morgan fingerprint density at radius 3 is 0.457 bits per heavy atom. The molecule has 0 saturated carbocycles. The van der Waals surface area contributed by atoms with Crippen molar-refractivity contribution in [3.8, 4) is 0 Å². The Labute approximate surface area is 265 Å². The van der Waals surface area contributed by atoms with Crippen LogP contribution in [0.5, 0.6) is 0 Å². The normalized spacial score (nSPS) is 9.83. The first-order valence-corrected chi connectivity index (χ1v) is 13.3. The Morgan fingerprint density at radius 2 is 0.413 bits per heavy atom. The van der Waals surface area contributed by atoms with Crippen molar-refractivity contribution in [2.75, 3.05) is 79.3 Å². The van der Waals surface area contributed by atoms with Crippen LogP contribution in [-0.4, -0.2) is 230 Å². The van der Waals surface area contributed by atoms with Crippen molar-refractivity contribution in [2.45, 2.75) is 62.3 Å². The molecule has 0 aliphatic carbocycles. The van der Waals surface area contributed by atoms with Gasteiger partial charge >= 0.3 is 11.9 Å². The lowest BCUT2D eigenvalue weighted by Crippen LogP contribution is -2.15. The first-order chi connectivity index (χ1) is 21.5. The average Bonchev–Trinajstić information content (AvgIpc) is 3.08. The lowest BCUT2D eigenvalue weighted by atomic mass is 10.2. The van der Waals surface area contributed by atoms with Crippen molar-refractivity contribution in [2.24, 2.45) is 0 Å². The van der Waals surface area contributed by atoms with Crippen molar-refractivity contribution < 1.29 is 112 Å². The first-order valence-electron chi connectivity index (χ1n) is 13.3. The topological polar surface area (TPSA) is 439 Å². The van der Waals surface area contributed by atoms with E-state index < -0.39 is 48.6 Å². The van der Waals surface area contributed by atoms with Gasteiger partial charge in [0.1, 0.15) is 36.6 Å². The molecule has 46 heavy (non-hydrogen) atoms. The summed E-state index contributed by atoms with van der Waals surface area (Å²) in [7, 11) is 0. The van der Waals surface area contributed by atoms with Crippen molar-refractivity contribution in [1.29, 1.82) is 0 Å². The summed E-state index contributed by atoms with van der Waals surface area (Å²) < 4.78 is 0. The molecular formula is C24H58O22. The van der Waals surface area contributed by atoms with E-state index in [2.05, 4.69) is 0 Å². The van der Waals surface area contributed by atoms with Crippen LogP contribution in [0.1, 0.15) is 25.7 Å². The molecule has 0 fully saturated rings. The van der Waals surface area contributed by atoms with Crippen LogP contribution in [0.25, 0.3) is 0 Å². The molecule has 0 amide bonds. The SMILES string of the molecule is O=C(O)CCCCC(=O)O.OCC(O)CO.OCC(O)CO.OCC(O)CO.OCC(O)CO.OCC(O)CO.OCC(O)CO. The molecule has 0 heterocycles. The fourth-order valence-corrected chi connectivity index (χ4v) is 0.899. The Kier molecular flexibility index (Phi) is 68.4. The second kappa shape index (κ2) is 52.7. The number of aliphatic hydroxyl groups is 18. The standard InChI is InChI=1S/C6H10O4.6C3H8O3/c7-5(8)3-1-2-4-6(9)10;6*4-1-3(6)2-5/h1-4H2,(H,7,8)(H,9,10);6*3-6H,1-2H2. The summed E-state index contributed by atoms with van der Waals surface area (Å²) in [6, 6.07) is 0. The van der Waals surface area contributed by atoms with E-state index in [1.165, 1.54) is 0 Å². The van der Waals surface area contributed by atoms with Crippen molar-refractivity contribution in [3.63, 3.8) is 0 Å². The van der Waals surface area contributed by atoms with Crippen LogP contribution in [0.15, 0.2) is 0 Å². The van der Waals surface area contributed by atoms with Crippen LogP contribution in [0.4, 0.5) is 0 Å². The van der Waals surface area contributed by atoms with E-state index in [9.17, 15) is 9.59 Å². The summed E-state index contributed by atoms with van der Waals surface area (Å²) in [5.74, 6) is -1.74. The van der Waals surface area contributed by atoms with Gasteiger partial charge in [-0.3, -0.25) is 9.59 Å². The predicted octanol–water partition coefficient (Wildman–Crippen LogP) is -9.29. The summed E-state index contributed by atoms with van der Waals surface area (Å²) >= 11 is 0. The number of hydrogen-bond acceptors (Lipinski definition) is 20. The van der Waals surface area contributed by atoms with Gasteiger partial charge < -0.3 is 102 Å². The molecule has 0 aromatic rings. The molecule has 0 radical (unpaired) electrons. The molecule has 0 aromatic carbocycles. The fraction of sp³-hybridized carbons (Fsp3) is 0.917. The third kappa shape index (κ3) is 84.0. The van der Waals surface area contributed by atoms with Gasteiger partial charge in [-0.05, 0) is 12.8 Å². The van der Waals surface area contributed by atoms with Gasteiger partial charge in [0.15, 0.2) is 0 Å². The minimum atomic E-state index is -0.954. The third-order valence-corrected chi connectivity index (χ3v) is 3.56. The van der Waals surface area contributed by atoms with Crippen LogP contribution >= 0.6 is 0 Å². The maximum absolute atomic E-state index is 9.90. The molecule has 22 heteroatoms. The highest BCUT2D eigenvalue weighted by atomic mass is 16.4. The Balaban J connectivity index is -0.0000000780. The predicted molar refractivity (Wildman–Crippen MR) is 155 cm³/mol. The fourth-order valence-electron chi connectivity index (χ4n) is 0.899. The molecule has 0 aliphatic heterocycles. The molecular weight excluding hydrogens is 640 g/mol. The summed E-state index contributed by atoms with van der Waals surface area (Å²) in [6.45, 7) is -4.37. The second-order valence-corrected chi connectivity index (χ2v) is 8.11. The lowest BCUT2D eigenvalue weighted by molar-refractivity contribution is -0.139. The quantitative estimate of drug-likeness (QED) is 0.0627. The number of carbonyl (C=O) groups is 2. The van der Waals surface area contributed by atoms with Gasteiger partial charge in [0.05, 0.1) is 79.3 Å². The molecule has 0 aromatic heterocycles. The van der Waals surface area contributed by atoms with Gasteiger partial charge in [0, 0.05) is 12.8 Å². The number of aliphatic hydroxyl groups excluding tert-OH is 18. The molecule has 20 N–H and O–H groups in total. The summed E-state index contributed by atoms with van der Waals surface area (Å²) in [5, 5.41) is 160. The van der Waals surface area contributed by atoms with Gasteiger partial charge in [-0.2, -0.15) is 0 Å². The van der Waals surface area contributed by atoms with Crippen LogP contribution in [-0.2, 0) is 9.59 Å². The minimum absolute atomic E-state index is 0.0628. The molecule has 0 atom stereocenters. The van der Waals surface area contributed by atoms with E-state index in [0.29, 0.717) is 12.8 Å². The van der Waals surface area contributed by atoms with Crippen LogP contribution in [0.3, 0.4) is 0 Å². The summed E-state index contributed by atoms with van der Waals surface area (Å²) in [6.07, 6.45) is -4.70. The summed E-state index contributed by atoms with van der Waals surface area (Å²) in [5.41, 5.74) is 0. The minimum Gasteiger partial charge on any atom is -0.481 e. The molecule has 0 saturated heterocycles. The van der Waals surface area contributed by atoms with E-state index >= 15 is 0 Å². The largest absolute Gasteiger partial charge is 0.481 e. The first kappa shape index (κ1) is 59.6. The lowest BCUT2D eigenvalue weighted by Gasteiger charge is -1.96. The van der Waals surface area contributed by atoms with Crippen molar-refractivity contribution in [1.82, 2.24) is 0 Å². The molecule has 22 nitrogen and oxygen atoms in total. The molecule has 0 bridgehead atoms. The van der Waals surface area contributed by atoms with Gasteiger partial charge in [-0.25, -0.2) is 0 Å². The van der Waals surface area contributed by atoms with Crippen LogP contribution in [0, 0.1) is 0 Å². The zero-order valence-electron chi connectivity index (χ0n) is 25.5. The summed E-state index contributed by atoms with van der Waals surface area (Å²) in [4.78, 5) is 19.8. The maximum atomic E-state index is 9.90. The highest BCUT2D eigenvalue weighted by Gasteiger charge is 1.99. The molecule has 0 unspecified atom stereocenters. The van der Waals surface area contributed by atoms with E-state index in [0.717, 1.165) is 0 Å². The Morgan fingerprint density at radius 1 is 0.304 bits per heavy atom. The highest BCUT2D eigenvalue weighted by molar-refractivity contribution is 5.67. The monoisotopic (exact) mass is 698 g/mol. The van der Waals surface area contributed by atoms with Gasteiger partial charge in [-0.1, -0.05) is 0 Å². The zero-order valence-corrected chi connectivity index (χ0v) is 25.5. The molecule has 0 rings (SSSR count). The maximum Gasteiger partial charge on any atom is 0.303 e. The second-order valence-electron chi connectivity index (χ2n) is 8.11. The third-order valence-electron chi connectivity index (χ3n) is 3.56. The number of carboxylic acids is 2. The average molecular weight is 699 g/mol. The van der Waals surface area contributed by atoms with E-state index in [4.69, 9.17) is 102 Å². The van der Waals surface area contributed by atoms with E-state index in [-0.39, 0.29) is 92.1 Å². The smallest absolute Gasteiger partial charge is 0.303 e.